The van der Waals surface area contributed by atoms with Crippen LogP contribution in [0.1, 0.15) is 31.2 Å². The van der Waals surface area contributed by atoms with Gasteiger partial charge in [-0.3, -0.25) is 9.78 Å². The first-order chi connectivity index (χ1) is 11.7. The number of rotatable bonds is 6. The van der Waals surface area contributed by atoms with Gasteiger partial charge in [0.05, 0.1) is 5.41 Å². The third-order valence-electron chi connectivity index (χ3n) is 4.67. The summed E-state index contributed by atoms with van der Waals surface area (Å²) in [5.74, 6) is 0.953. The largest absolute Gasteiger partial charge is 0.329 e. The molecule has 0 radical (unpaired) electrons. The highest BCUT2D eigenvalue weighted by Gasteiger charge is 2.39. The molecule has 0 spiro atoms. The van der Waals surface area contributed by atoms with Crippen LogP contribution in [0, 0.1) is 5.41 Å². The average Bonchev–Trinajstić information content (AvgIpc) is 3.12. The number of nitrogens with one attached hydrogen (secondary N) is 1. The molecule has 0 unspecified atom stereocenters. The second-order valence-corrected chi connectivity index (χ2v) is 7.37. The molecule has 1 aromatic heterocycles. The van der Waals surface area contributed by atoms with Gasteiger partial charge in [0.1, 0.15) is 0 Å². The number of hydrogen-bond acceptors (Lipinski definition) is 4. The quantitative estimate of drug-likeness (QED) is 0.674. The Morgan fingerprint density at radius 1 is 1.15 bits per heavy atom. The first-order valence-corrected chi connectivity index (χ1v) is 9.34. The number of thioether (sulfide) groups is 1. The lowest BCUT2D eigenvalue weighted by Gasteiger charge is -2.25. The lowest BCUT2D eigenvalue weighted by Crippen LogP contribution is -2.40. The molecule has 1 aliphatic carbocycles. The Morgan fingerprint density at radius 3 is 2.42 bits per heavy atom. The number of carbonyl (C=O) groups is 1. The molecule has 2 aromatic rings. The van der Waals surface area contributed by atoms with E-state index >= 15 is 0 Å². The fraction of sp³-hybridized carbons (Fsp3) is 0.368. The minimum absolute atomic E-state index is 0. The Labute approximate surface area is 171 Å². The van der Waals surface area contributed by atoms with Gasteiger partial charge in [-0.1, -0.05) is 18.9 Å². The molecule has 1 heterocycles. The Bertz CT molecular complexity index is 677. The number of nitrogens with two attached hydrogens (primary N) is 1. The van der Waals surface area contributed by atoms with Gasteiger partial charge in [0, 0.05) is 35.3 Å². The van der Waals surface area contributed by atoms with Crippen LogP contribution in [0.5, 0.6) is 0 Å². The molecule has 1 aromatic carbocycles. The molecule has 3 rings (SSSR count). The molecule has 0 aliphatic heterocycles. The molecule has 26 heavy (non-hydrogen) atoms. The van der Waals surface area contributed by atoms with Crippen molar-refractivity contribution in [1.82, 2.24) is 4.98 Å². The van der Waals surface area contributed by atoms with Crippen molar-refractivity contribution in [2.75, 3.05) is 11.9 Å². The van der Waals surface area contributed by atoms with E-state index in [4.69, 9.17) is 5.73 Å². The number of anilines is 1. The molecule has 1 fully saturated rings. The fourth-order valence-electron chi connectivity index (χ4n) is 3.12. The number of amides is 1. The number of halogens is 2. The maximum absolute atomic E-state index is 12.6. The van der Waals surface area contributed by atoms with Crippen LogP contribution in [0.15, 0.2) is 53.7 Å². The zero-order valence-electron chi connectivity index (χ0n) is 14.5. The third-order valence-corrected chi connectivity index (χ3v) is 5.76. The maximum atomic E-state index is 12.6. The van der Waals surface area contributed by atoms with Crippen LogP contribution in [-0.4, -0.2) is 17.4 Å². The van der Waals surface area contributed by atoms with Gasteiger partial charge >= 0.3 is 0 Å². The number of nitrogens with zero attached hydrogens (tertiary/aromatic N) is 1. The van der Waals surface area contributed by atoms with Gasteiger partial charge in [0.2, 0.25) is 5.91 Å². The van der Waals surface area contributed by atoms with E-state index in [0.717, 1.165) is 37.1 Å². The summed E-state index contributed by atoms with van der Waals surface area (Å²) in [5, 5.41) is 3.04. The van der Waals surface area contributed by atoms with Crippen molar-refractivity contribution in [2.45, 2.75) is 36.3 Å². The van der Waals surface area contributed by atoms with E-state index in [1.807, 2.05) is 36.5 Å². The molecule has 0 saturated heterocycles. The average molecular weight is 414 g/mol. The van der Waals surface area contributed by atoms with Gasteiger partial charge in [-0.15, -0.1) is 36.6 Å². The highest BCUT2D eigenvalue weighted by Crippen LogP contribution is 2.38. The second kappa shape index (κ2) is 10.8. The van der Waals surface area contributed by atoms with E-state index in [2.05, 4.69) is 16.4 Å². The van der Waals surface area contributed by atoms with Crippen molar-refractivity contribution in [3.8, 4) is 0 Å². The molecule has 4 nitrogen and oxygen atoms in total. The van der Waals surface area contributed by atoms with Crippen molar-refractivity contribution < 1.29 is 4.79 Å². The predicted octanol–water partition coefficient (Wildman–Crippen LogP) is 4.68. The van der Waals surface area contributed by atoms with E-state index in [0.29, 0.717) is 6.54 Å². The molecular formula is C19H25Cl2N3OS. The van der Waals surface area contributed by atoms with Gasteiger partial charge in [-0.2, -0.15) is 0 Å². The number of aromatic nitrogens is 1. The van der Waals surface area contributed by atoms with E-state index in [-0.39, 0.29) is 36.1 Å². The van der Waals surface area contributed by atoms with Crippen molar-refractivity contribution in [1.29, 1.82) is 0 Å². The lowest BCUT2D eigenvalue weighted by atomic mass is 9.85. The zero-order chi connectivity index (χ0) is 16.8. The molecule has 1 aliphatic rings. The Balaban J connectivity index is 0.00000169. The van der Waals surface area contributed by atoms with Crippen LogP contribution < -0.4 is 11.1 Å². The summed E-state index contributed by atoms with van der Waals surface area (Å²) in [5.41, 5.74) is 7.54. The van der Waals surface area contributed by atoms with Crippen molar-refractivity contribution in [3.63, 3.8) is 0 Å². The fourth-order valence-corrected chi connectivity index (χ4v) is 3.96. The van der Waals surface area contributed by atoms with E-state index in [9.17, 15) is 4.79 Å². The van der Waals surface area contributed by atoms with Gasteiger partial charge in [0.15, 0.2) is 0 Å². The molecule has 3 N–H and O–H groups in total. The smallest absolute Gasteiger partial charge is 0.231 e. The van der Waals surface area contributed by atoms with Crippen LogP contribution >= 0.6 is 36.6 Å². The van der Waals surface area contributed by atoms with Crippen LogP contribution in [0.25, 0.3) is 0 Å². The first kappa shape index (κ1) is 22.8. The lowest BCUT2D eigenvalue weighted by molar-refractivity contribution is -0.124. The minimum atomic E-state index is -0.367. The summed E-state index contributed by atoms with van der Waals surface area (Å²) in [7, 11) is 0. The Morgan fingerprint density at radius 2 is 1.85 bits per heavy atom. The van der Waals surface area contributed by atoms with Crippen molar-refractivity contribution in [3.05, 3.63) is 54.4 Å². The van der Waals surface area contributed by atoms with Crippen LogP contribution in [-0.2, 0) is 10.5 Å². The molecule has 7 heteroatoms. The topological polar surface area (TPSA) is 68.0 Å². The van der Waals surface area contributed by atoms with Crippen LogP contribution in [0.3, 0.4) is 0 Å². The summed E-state index contributed by atoms with van der Waals surface area (Å²) in [4.78, 5) is 17.9. The molecule has 0 bridgehead atoms. The molecule has 142 valence electrons. The predicted molar refractivity (Wildman–Crippen MR) is 113 cm³/mol. The van der Waals surface area contributed by atoms with Crippen molar-refractivity contribution >= 4 is 48.2 Å². The van der Waals surface area contributed by atoms with Crippen LogP contribution in [0.4, 0.5) is 5.69 Å². The van der Waals surface area contributed by atoms with E-state index < -0.39 is 0 Å². The number of pyridine rings is 1. The Kier molecular flexibility index (Phi) is 9.44. The van der Waals surface area contributed by atoms with Gasteiger partial charge < -0.3 is 11.1 Å². The minimum Gasteiger partial charge on any atom is -0.329 e. The van der Waals surface area contributed by atoms with Gasteiger partial charge in [-0.25, -0.2) is 0 Å². The number of hydrogen-bond donors (Lipinski definition) is 2. The highest BCUT2D eigenvalue weighted by molar-refractivity contribution is 7.98. The summed E-state index contributed by atoms with van der Waals surface area (Å²) in [6.45, 7) is 0.428. The Hall–Kier alpha value is -1.27. The summed E-state index contributed by atoms with van der Waals surface area (Å²) in [6.07, 6.45) is 7.64. The molecule has 1 amide bonds. The number of benzene rings is 1. The normalized spacial score (nSPS) is 14.8. The second-order valence-electron chi connectivity index (χ2n) is 6.32. The summed E-state index contributed by atoms with van der Waals surface area (Å²) < 4.78 is 0. The maximum Gasteiger partial charge on any atom is 0.231 e. The number of carbonyl (C=O) groups excluding carboxylic acids is 1. The highest BCUT2D eigenvalue weighted by atomic mass is 35.5. The molecule has 0 atom stereocenters. The zero-order valence-corrected chi connectivity index (χ0v) is 17.0. The molecular weight excluding hydrogens is 389 g/mol. The van der Waals surface area contributed by atoms with Gasteiger partial charge in [-0.05, 0) is 48.7 Å². The van der Waals surface area contributed by atoms with Crippen molar-refractivity contribution in [2.24, 2.45) is 11.1 Å². The van der Waals surface area contributed by atoms with E-state index in [1.165, 1.54) is 10.5 Å². The first-order valence-electron chi connectivity index (χ1n) is 8.35. The molecule has 1 saturated carbocycles. The monoisotopic (exact) mass is 413 g/mol. The van der Waals surface area contributed by atoms with E-state index in [1.54, 1.807) is 18.0 Å². The summed E-state index contributed by atoms with van der Waals surface area (Å²) >= 11 is 1.76. The summed E-state index contributed by atoms with van der Waals surface area (Å²) in [6, 6.07) is 12.0. The standard InChI is InChI=1S/C19H23N3OS.2ClH/c20-14-19(9-1-2-10-19)18(23)22-16-5-7-17(8-6-16)24-13-15-4-3-11-21-12-15;;/h3-8,11-12H,1-2,9-10,13-14,20H2,(H,22,23);2*1H. The SMILES string of the molecule is Cl.Cl.NCC1(C(=O)Nc2ccc(SCc3cccnc3)cc2)CCCC1. The van der Waals surface area contributed by atoms with Gasteiger partial charge in [0.25, 0.3) is 0 Å². The third kappa shape index (κ3) is 5.61. The van der Waals surface area contributed by atoms with Crippen LogP contribution in [0.2, 0.25) is 0 Å².